The number of aromatic nitrogens is 2. The third kappa shape index (κ3) is 2.60. The highest BCUT2D eigenvalue weighted by Gasteiger charge is 2.20. The molecule has 1 saturated heterocycles. The van der Waals surface area contributed by atoms with Crippen molar-refractivity contribution < 1.29 is 4.74 Å². The van der Waals surface area contributed by atoms with Crippen molar-refractivity contribution in [3.63, 3.8) is 0 Å². The molecular formula is C14H16Cl2N2O. The van der Waals surface area contributed by atoms with E-state index in [0.29, 0.717) is 11.8 Å². The summed E-state index contributed by atoms with van der Waals surface area (Å²) in [7, 11) is 0. The van der Waals surface area contributed by atoms with Crippen molar-refractivity contribution in [2.45, 2.75) is 19.4 Å². The summed E-state index contributed by atoms with van der Waals surface area (Å²) in [6, 6.07) is 5.85. The second kappa shape index (κ2) is 5.70. The molecule has 0 amide bonds. The average molecular weight is 299 g/mol. The van der Waals surface area contributed by atoms with Crippen LogP contribution in [0.3, 0.4) is 0 Å². The summed E-state index contributed by atoms with van der Waals surface area (Å²) in [6.45, 7) is 2.59. The SMILES string of the molecule is ClCCc1nc2cccc(Cl)c2n1CC1CCOC1. The van der Waals surface area contributed by atoms with E-state index in [4.69, 9.17) is 27.9 Å². The van der Waals surface area contributed by atoms with E-state index in [9.17, 15) is 0 Å². The Morgan fingerprint density at radius 2 is 2.32 bits per heavy atom. The highest BCUT2D eigenvalue weighted by Crippen LogP contribution is 2.27. The topological polar surface area (TPSA) is 27.1 Å². The van der Waals surface area contributed by atoms with Gasteiger partial charge in [-0.3, -0.25) is 0 Å². The van der Waals surface area contributed by atoms with Gasteiger partial charge in [0.1, 0.15) is 5.82 Å². The van der Waals surface area contributed by atoms with Crippen LogP contribution in [0.2, 0.25) is 5.02 Å². The molecule has 1 fully saturated rings. The van der Waals surface area contributed by atoms with Crippen LogP contribution in [0.4, 0.5) is 0 Å². The quantitative estimate of drug-likeness (QED) is 0.808. The highest BCUT2D eigenvalue weighted by molar-refractivity contribution is 6.35. The molecule has 0 aliphatic carbocycles. The van der Waals surface area contributed by atoms with Crippen molar-refractivity contribution in [1.29, 1.82) is 0 Å². The third-order valence-electron chi connectivity index (χ3n) is 3.58. The molecule has 2 heterocycles. The number of imidazole rings is 1. The first-order valence-corrected chi connectivity index (χ1v) is 7.48. The minimum absolute atomic E-state index is 0.544. The van der Waals surface area contributed by atoms with Crippen LogP contribution in [0.5, 0.6) is 0 Å². The number of nitrogens with zero attached hydrogens (tertiary/aromatic N) is 2. The van der Waals surface area contributed by atoms with E-state index in [0.717, 1.165) is 54.5 Å². The van der Waals surface area contributed by atoms with Gasteiger partial charge in [-0.15, -0.1) is 11.6 Å². The highest BCUT2D eigenvalue weighted by atomic mass is 35.5. The van der Waals surface area contributed by atoms with Crippen LogP contribution in [-0.2, 0) is 17.7 Å². The maximum atomic E-state index is 6.34. The average Bonchev–Trinajstić information content (AvgIpc) is 3.00. The van der Waals surface area contributed by atoms with E-state index < -0.39 is 0 Å². The van der Waals surface area contributed by atoms with E-state index in [1.807, 2.05) is 18.2 Å². The monoisotopic (exact) mass is 298 g/mol. The van der Waals surface area contributed by atoms with Gasteiger partial charge in [-0.05, 0) is 18.6 Å². The Labute approximate surface area is 122 Å². The maximum Gasteiger partial charge on any atom is 0.111 e. The van der Waals surface area contributed by atoms with Crippen molar-refractivity contribution in [3.8, 4) is 0 Å². The zero-order valence-electron chi connectivity index (χ0n) is 10.6. The summed E-state index contributed by atoms with van der Waals surface area (Å²) in [4.78, 5) is 4.66. The molecule has 0 bridgehead atoms. The molecule has 3 nitrogen and oxygen atoms in total. The van der Waals surface area contributed by atoms with E-state index in [1.54, 1.807) is 0 Å². The molecular weight excluding hydrogens is 283 g/mol. The normalized spacial score (nSPS) is 19.4. The van der Waals surface area contributed by atoms with Gasteiger partial charge in [0, 0.05) is 31.4 Å². The summed E-state index contributed by atoms with van der Waals surface area (Å²) >= 11 is 12.2. The molecule has 0 spiro atoms. The molecule has 1 aromatic carbocycles. The van der Waals surface area contributed by atoms with Gasteiger partial charge in [0.15, 0.2) is 0 Å². The minimum atomic E-state index is 0.544. The Balaban J connectivity index is 2.04. The molecule has 0 saturated carbocycles. The van der Waals surface area contributed by atoms with E-state index in [1.165, 1.54) is 0 Å². The molecule has 1 atom stereocenters. The zero-order valence-corrected chi connectivity index (χ0v) is 12.1. The molecule has 102 valence electrons. The van der Waals surface area contributed by atoms with E-state index in [-0.39, 0.29) is 0 Å². The van der Waals surface area contributed by atoms with Gasteiger partial charge in [0.05, 0.1) is 22.7 Å². The van der Waals surface area contributed by atoms with Crippen LogP contribution in [0.25, 0.3) is 11.0 Å². The van der Waals surface area contributed by atoms with E-state index >= 15 is 0 Å². The minimum Gasteiger partial charge on any atom is -0.381 e. The second-order valence-corrected chi connectivity index (χ2v) is 5.70. The van der Waals surface area contributed by atoms with Crippen LogP contribution in [0, 0.1) is 5.92 Å². The smallest absolute Gasteiger partial charge is 0.111 e. The number of halogens is 2. The van der Waals surface area contributed by atoms with Crippen molar-refractivity contribution in [3.05, 3.63) is 29.0 Å². The van der Waals surface area contributed by atoms with Gasteiger partial charge < -0.3 is 9.30 Å². The Morgan fingerprint density at radius 1 is 1.42 bits per heavy atom. The zero-order chi connectivity index (χ0) is 13.2. The summed E-state index contributed by atoms with van der Waals surface area (Å²) in [5.41, 5.74) is 1.97. The lowest BCUT2D eigenvalue weighted by Gasteiger charge is -2.13. The van der Waals surface area contributed by atoms with Gasteiger partial charge in [0.2, 0.25) is 0 Å². The number of hydrogen-bond acceptors (Lipinski definition) is 2. The van der Waals surface area contributed by atoms with Crippen molar-refractivity contribution >= 4 is 34.2 Å². The van der Waals surface area contributed by atoms with Crippen molar-refractivity contribution in [1.82, 2.24) is 9.55 Å². The van der Waals surface area contributed by atoms with Gasteiger partial charge in [-0.25, -0.2) is 4.98 Å². The Hall–Kier alpha value is -0.770. The van der Waals surface area contributed by atoms with Crippen LogP contribution in [0.1, 0.15) is 12.2 Å². The lowest BCUT2D eigenvalue weighted by Crippen LogP contribution is -2.13. The lowest BCUT2D eigenvalue weighted by molar-refractivity contribution is 0.182. The number of hydrogen-bond donors (Lipinski definition) is 0. The van der Waals surface area contributed by atoms with Crippen LogP contribution in [0.15, 0.2) is 18.2 Å². The maximum absolute atomic E-state index is 6.34. The first-order valence-electron chi connectivity index (χ1n) is 6.57. The molecule has 3 rings (SSSR count). The summed E-state index contributed by atoms with van der Waals surface area (Å²) in [6.07, 6.45) is 1.87. The standard InChI is InChI=1S/C14H16Cl2N2O/c15-6-4-13-17-12-3-1-2-11(16)14(12)18(13)8-10-5-7-19-9-10/h1-3,10H,4-9H2. The van der Waals surface area contributed by atoms with Crippen LogP contribution >= 0.6 is 23.2 Å². The number of benzene rings is 1. The fourth-order valence-electron chi connectivity index (χ4n) is 2.65. The number of para-hydroxylation sites is 1. The molecule has 0 N–H and O–H groups in total. The molecule has 2 aromatic rings. The molecule has 1 aliphatic heterocycles. The Morgan fingerprint density at radius 3 is 3.05 bits per heavy atom. The third-order valence-corrected chi connectivity index (χ3v) is 4.07. The predicted molar refractivity (Wildman–Crippen MR) is 78.1 cm³/mol. The van der Waals surface area contributed by atoms with Gasteiger partial charge >= 0.3 is 0 Å². The summed E-state index contributed by atoms with van der Waals surface area (Å²) < 4.78 is 7.68. The second-order valence-electron chi connectivity index (χ2n) is 4.91. The first kappa shape index (κ1) is 13.2. The van der Waals surface area contributed by atoms with Crippen LogP contribution < -0.4 is 0 Å². The molecule has 19 heavy (non-hydrogen) atoms. The molecule has 5 heteroatoms. The molecule has 0 radical (unpaired) electrons. The number of fused-ring (bicyclic) bond motifs is 1. The largest absolute Gasteiger partial charge is 0.381 e. The van der Waals surface area contributed by atoms with Crippen molar-refractivity contribution in [2.75, 3.05) is 19.1 Å². The Bertz CT molecular complexity index is 576. The summed E-state index contributed by atoms with van der Waals surface area (Å²) in [5.74, 6) is 2.13. The van der Waals surface area contributed by atoms with Gasteiger partial charge in [0.25, 0.3) is 0 Å². The fourth-order valence-corrected chi connectivity index (χ4v) is 3.09. The van der Waals surface area contributed by atoms with Crippen LogP contribution in [-0.4, -0.2) is 28.6 Å². The van der Waals surface area contributed by atoms with Gasteiger partial charge in [-0.2, -0.15) is 0 Å². The predicted octanol–water partition coefficient (Wildman–Crippen LogP) is 3.51. The first-order chi connectivity index (χ1) is 9.29. The fraction of sp³-hybridized carbons (Fsp3) is 0.500. The lowest BCUT2D eigenvalue weighted by atomic mass is 10.1. The number of ether oxygens (including phenoxy) is 1. The van der Waals surface area contributed by atoms with E-state index in [2.05, 4.69) is 9.55 Å². The number of alkyl halides is 1. The van der Waals surface area contributed by atoms with Crippen molar-refractivity contribution in [2.24, 2.45) is 5.92 Å². The summed E-state index contributed by atoms with van der Waals surface area (Å²) in [5, 5.41) is 0.754. The molecule has 1 aromatic heterocycles. The number of aryl methyl sites for hydroxylation is 1. The molecule has 1 unspecified atom stereocenters. The molecule has 1 aliphatic rings. The number of rotatable bonds is 4. The van der Waals surface area contributed by atoms with Gasteiger partial charge in [-0.1, -0.05) is 17.7 Å². The Kier molecular flexibility index (Phi) is 3.96.